The molecular formula is C43H27N3S. The zero-order valence-electron chi connectivity index (χ0n) is 25.3. The minimum absolute atomic E-state index is 0.693. The first kappa shape index (κ1) is 27.3. The van der Waals surface area contributed by atoms with Gasteiger partial charge >= 0.3 is 0 Å². The molecule has 0 saturated heterocycles. The summed E-state index contributed by atoms with van der Waals surface area (Å²) >= 11 is 1.81. The SMILES string of the molecule is c1ccc(-c2ccc(-c3cc(-c4ccccc4)nc(-c4ccc(-c5nc6ccccc6c6c5sc5ccccc56)cc4)n3)cc2)cc1. The number of fused-ring (bicyclic) bond motifs is 5. The predicted octanol–water partition coefficient (Wildman–Crippen LogP) is 11.7. The normalized spacial score (nSPS) is 11.4. The molecule has 0 aliphatic carbocycles. The molecule has 3 nitrogen and oxygen atoms in total. The molecule has 4 heteroatoms. The first-order valence-electron chi connectivity index (χ1n) is 15.7. The van der Waals surface area contributed by atoms with Crippen molar-refractivity contribution in [2.45, 2.75) is 0 Å². The minimum atomic E-state index is 0.693. The average Bonchev–Trinajstić information content (AvgIpc) is 3.55. The van der Waals surface area contributed by atoms with Crippen molar-refractivity contribution < 1.29 is 0 Å². The lowest BCUT2D eigenvalue weighted by Crippen LogP contribution is -1.96. The second kappa shape index (κ2) is 11.4. The van der Waals surface area contributed by atoms with Gasteiger partial charge in [-0.05, 0) is 29.3 Å². The number of hydrogen-bond acceptors (Lipinski definition) is 4. The third-order valence-corrected chi connectivity index (χ3v) is 9.89. The molecule has 0 fully saturated rings. The number of pyridine rings is 1. The second-order valence-corrected chi connectivity index (χ2v) is 12.7. The summed E-state index contributed by atoms with van der Waals surface area (Å²) in [5.41, 5.74) is 10.3. The molecule has 3 aromatic heterocycles. The molecule has 0 radical (unpaired) electrons. The van der Waals surface area contributed by atoms with Crippen LogP contribution in [0.3, 0.4) is 0 Å². The summed E-state index contributed by atoms with van der Waals surface area (Å²) in [6, 6.07) is 57.1. The molecule has 6 aromatic carbocycles. The Morgan fingerprint density at radius 2 is 0.894 bits per heavy atom. The lowest BCUT2D eigenvalue weighted by molar-refractivity contribution is 1.18. The van der Waals surface area contributed by atoms with E-state index in [1.54, 1.807) is 0 Å². The van der Waals surface area contributed by atoms with Crippen LogP contribution in [0.25, 0.3) is 87.4 Å². The van der Waals surface area contributed by atoms with Gasteiger partial charge in [0.25, 0.3) is 0 Å². The fourth-order valence-corrected chi connectivity index (χ4v) is 7.58. The van der Waals surface area contributed by atoms with E-state index in [4.69, 9.17) is 15.0 Å². The average molecular weight is 618 g/mol. The van der Waals surface area contributed by atoms with Crippen molar-refractivity contribution in [3.8, 4) is 56.3 Å². The van der Waals surface area contributed by atoms with Crippen molar-refractivity contribution >= 4 is 42.4 Å². The van der Waals surface area contributed by atoms with Crippen LogP contribution < -0.4 is 0 Å². The van der Waals surface area contributed by atoms with Crippen LogP contribution in [0, 0.1) is 0 Å². The molecule has 220 valence electrons. The topological polar surface area (TPSA) is 38.7 Å². The zero-order valence-corrected chi connectivity index (χ0v) is 26.2. The van der Waals surface area contributed by atoms with E-state index in [2.05, 4.69) is 140 Å². The molecule has 9 aromatic rings. The molecule has 3 heterocycles. The van der Waals surface area contributed by atoms with Crippen molar-refractivity contribution in [2.24, 2.45) is 0 Å². The van der Waals surface area contributed by atoms with Crippen LogP contribution in [-0.2, 0) is 0 Å². The highest BCUT2D eigenvalue weighted by atomic mass is 32.1. The number of thiophene rings is 1. The van der Waals surface area contributed by atoms with E-state index >= 15 is 0 Å². The summed E-state index contributed by atoms with van der Waals surface area (Å²) < 4.78 is 2.48. The van der Waals surface area contributed by atoms with Crippen LogP contribution in [0.15, 0.2) is 164 Å². The third-order valence-electron chi connectivity index (χ3n) is 8.72. The molecule has 0 amide bonds. The van der Waals surface area contributed by atoms with Crippen LogP contribution in [0.1, 0.15) is 0 Å². The summed E-state index contributed by atoms with van der Waals surface area (Å²) in [5, 5.41) is 3.74. The zero-order chi connectivity index (χ0) is 31.2. The van der Waals surface area contributed by atoms with Crippen molar-refractivity contribution in [3.05, 3.63) is 164 Å². The van der Waals surface area contributed by atoms with E-state index in [0.29, 0.717) is 5.82 Å². The van der Waals surface area contributed by atoms with E-state index in [1.165, 1.54) is 36.7 Å². The van der Waals surface area contributed by atoms with Gasteiger partial charge in [0, 0.05) is 43.1 Å². The maximum Gasteiger partial charge on any atom is 0.160 e. The smallest absolute Gasteiger partial charge is 0.160 e. The molecule has 0 aliphatic rings. The van der Waals surface area contributed by atoms with Gasteiger partial charge in [0.05, 0.1) is 27.3 Å². The summed E-state index contributed by atoms with van der Waals surface area (Å²) in [5.74, 6) is 0.693. The molecule has 47 heavy (non-hydrogen) atoms. The van der Waals surface area contributed by atoms with Gasteiger partial charge < -0.3 is 0 Å². The van der Waals surface area contributed by atoms with Gasteiger partial charge in [-0.3, -0.25) is 0 Å². The van der Waals surface area contributed by atoms with E-state index in [1.807, 2.05) is 35.6 Å². The number of nitrogens with zero attached hydrogens (tertiary/aromatic N) is 3. The Hall–Kier alpha value is -5.97. The predicted molar refractivity (Wildman–Crippen MR) is 197 cm³/mol. The Balaban J connectivity index is 1.15. The highest BCUT2D eigenvalue weighted by molar-refractivity contribution is 7.26. The monoisotopic (exact) mass is 617 g/mol. The number of benzene rings is 6. The van der Waals surface area contributed by atoms with Gasteiger partial charge in [0.2, 0.25) is 0 Å². The first-order valence-corrected chi connectivity index (χ1v) is 16.5. The largest absolute Gasteiger partial charge is 0.246 e. The number of para-hydroxylation sites is 1. The molecule has 0 bridgehead atoms. The van der Waals surface area contributed by atoms with Crippen LogP contribution in [0.2, 0.25) is 0 Å². The van der Waals surface area contributed by atoms with Crippen LogP contribution in [-0.4, -0.2) is 15.0 Å². The first-order chi connectivity index (χ1) is 23.3. The van der Waals surface area contributed by atoms with E-state index in [-0.39, 0.29) is 0 Å². The molecule has 0 atom stereocenters. The van der Waals surface area contributed by atoms with Gasteiger partial charge in [-0.15, -0.1) is 11.3 Å². The quantitative estimate of drug-likeness (QED) is 0.193. The minimum Gasteiger partial charge on any atom is -0.246 e. The molecular weight excluding hydrogens is 591 g/mol. The summed E-state index contributed by atoms with van der Waals surface area (Å²) in [6.45, 7) is 0. The Kier molecular flexibility index (Phi) is 6.65. The summed E-state index contributed by atoms with van der Waals surface area (Å²) in [4.78, 5) is 15.3. The van der Waals surface area contributed by atoms with Crippen LogP contribution >= 0.6 is 11.3 Å². The molecule has 0 saturated carbocycles. The number of rotatable bonds is 5. The van der Waals surface area contributed by atoms with E-state index < -0.39 is 0 Å². The molecule has 0 unspecified atom stereocenters. The molecule has 0 aliphatic heterocycles. The van der Waals surface area contributed by atoms with Crippen molar-refractivity contribution in [1.29, 1.82) is 0 Å². The lowest BCUT2D eigenvalue weighted by atomic mass is 10.0. The van der Waals surface area contributed by atoms with Gasteiger partial charge in [0.15, 0.2) is 5.82 Å². The van der Waals surface area contributed by atoms with Crippen molar-refractivity contribution in [3.63, 3.8) is 0 Å². The molecule has 0 spiro atoms. The maximum absolute atomic E-state index is 5.19. The van der Waals surface area contributed by atoms with Gasteiger partial charge in [0.1, 0.15) is 0 Å². The fourth-order valence-electron chi connectivity index (χ4n) is 6.35. The standard InChI is InChI=1S/C43H27N3S/c1-3-11-28(12-4-1)29-19-21-31(22-20-29)38-27-37(30-13-5-2-6-14-30)45-43(46-38)33-25-23-32(24-26-33)41-42-40(34-15-7-9-17-36(34)44-41)35-16-8-10-18-39(35)47-42/h1-27H. The lowest BCUT2D eigenvalue weighted by Gasteiger charge is -2.11. The van der Waals surface area contributed by atoms with Crippen molar-refractivity contribution in [1.82, 2.24) is 15.0 Å². The Morgan fingerprint density at radius 1 is 0.383 bits per heavy atom. The maximum atomic E-state index is 5.19. The van der Waals surface area contributed by atoms with E-state index in [0.717, 1.165) is 44.9 Å². The molecule has 9 rings (SSSR count). The summed E-state index contributed by atoms with van der Waals surface area (Å²) in [7, 11) is 0. The molecule has 0 N–H and O–H groups in total. The highest BCUT2D eigenvalue weighted by Crippen LogP contribution is 2.42. The summed E-state index contributed by atoms with van der Waals surface area (Å²) in [6.07, 6.45) is 0. The van der Waals surface area contributed by atoms with Crippen LogP contribution in [0.4, 0.5) is 0 Å². The number of hydrogen-bond donors (Lipinski definition) is 0. The fraction of sp³-hybridized carbons (Fsp3) is 0. The van der Waals surface area contributed by atoms with Gasteiger partial charge in [-0.1, -0.05) is 146 Å². The van der Waals surface area contributed by atoms with Gasteiger partial charge in [-0.2, -0.15) is 0 Å². The van der Waals surface area contributed by atoms with E-state index in [9.17, 15) is 0 Å². The third kappa shape index (κ3) is 4.96. The Labute approximate surface area is 276 Å². The second-order valence-electron chi connectivity index (χ2n) is 11.6. The Bertz CT molecular complexity index is 2540. The number of aromatic nitrogens is 3. The van der Waals surface area contributed by atoms with Gasteiger partial charge in [-0.25, -0.2) is 15.0 Å². The highest BCUT2D eigenvalue weighted by Gasteiger charge is 2.17. The van der Waals surface area contributed by atoms with Crippen molar-refractivity contribution in [2.75, 3.05) is 0 Å². The van der Waals surface area contributed by atoms with Crippen LogP contribution in [0.5, 0.6) is 0 Å². The Morgan fingerprint density at radius 3 is 1.62 bits per heavy atom.